The number of benzene rings is 2. The van der Waals surface area contributed by atoms with E-state index in [1.54, 1.807) is 24.4 Å². The number of hydrogen-bond acceptors (Lipinski definition) is 4. The fourth-order valence-corrected chi connectivity index (χ4v) is 5.01. The molecule has 1 aliphatic rings. The summed E-state index contributed by atoms with van der Waals surface area (Å²) in [5.41, 5.74) is 1.27. The van der Waals surface area contributed by atoms with Gasteiger partial charge in [-0.15, -0.1) is 0 Å². The van der Waals surface area contributed by atoms with Gasteiger partial charge in [0, 0.05) is 16.5 Å². The number of nitrogens with zero attached hydrogens (tertiary/aromatic N) is 3. The Morgan fingerprint density at radius 3 is 2.78 bits per heavy atom. The number of fused-ring (bicyclic) bond motifs is 1. The molecule has 0 unspecified atom stereocenters. The van der Waals surface area contributed by atoms with Crippen molar-refractivity contribution in [1.29, 1.82) is 0 Å². The van der Waals surface area contributed by atoms with Crippen LogP contribution in [0.15, 0.2) is 50.8 Å². The highest BCUT2D eigenvalue weighted by molar-refractivity contribution is 9.10. The van der Waals surface area contributed by atoms with Crippen LogP contribution in [0, 0.1) is 0 Å². The summed E-state index contributed by atoms with van der Waals surface area (Å²) in [6.07, 6.45) is 8.10. The van der Waals surface area contributed by atoms with Gasteiger partial charge < -0.3 is 4.74 Å². The zero-order valence-corrected chi connectivity index (χ0v) is 20.7. The average Bonchev–Trinajstić information content (AvgIpc) is 2.80. The van der Waals surface area contributed by atoms with Gasteiger partial charge in [-0.2, -0.15) is 9.78 Å². The number of aromatic nitrogens is 2. The molecule has 0 aliphatic heterocycles. The largest absolute Gasteiger partial charge is 0.489 e. The summed E-state index contributed by atoms with van der Waals surface area (Å²) in [4.78, 5) is 18.3. The molecule has 5 nitrogen and oxygen atoms in total. The van der Waals surface area contributed by atoms with Gasteiger partial charge in [-0.3, -0.25) is 4.79 Å². The lowest BCUT2D eigenvalue weighted by molar-refractivity contribution is 0.215. The lowest BCUT2D eigenvalue weighted by atomic mass is 9.88. The third kappa shape index (κ3) is 4.91. The van der Waals surface area contributed by atoms with E-state index in [-0.39, 0.29) is 17.6 Å². The third-order valence-electron chi connectivity index (χ3n) is 5.99. The van der Waals surface area contributed by atoms with Crippen molar-refractivity contribution < 1.29 is 4.74 Å². The molecule has 0 amide bonds. The number of hydrogen-bond donors (Lipinski definition) is 0. The zero-order chi connectivity index (χ0) is 22.7. The SMILES string of the molecule is CC[C@@H](C)Oc1c(Br)cc(Cl)cc1C=Nn1c(C2CCCCC2)nc2ccccc2c1=O. The van der Waals surface area contributed by atoms with Gasteiger partial charge in [0.25, 0.3) is 5.56 Å². The molecule has 1 atom stereocenters. The quantitative estimate of drug-likeness (QED) is 0.334. The lowest BCUT2D eigenvalue weighted by Gasteiger charge is -2.23. The highest BCUT2D eigenvalue weighted by Crippen LogP contribution is 2.34. The first-order chi connectivity index (χ1) is 15.5. The Balaban J connectivity index is 1.84. The minimum atomic E-state index is -0.155. The van der Waals surface area contributed by atoms with E-state index >= 15 is 0 Å². The average molecular weight is 517 g/mol. The lowest BCUT2D eigenvalue weighted by Crippen LogP contribution is -2.25. The molecule has 0 N–H and O–H groups in total. The van der Waals surface area contributed by atoms with Crippen molar-refractivity contribution in [3.63, 3.8) is 0 Å². The summed E-state index contributed by atoms with van der Waals surface area (Å²) < 4.78 is 8.34. The number of para-hydroxylation sites is 1. The van der Waals surface area contributed by atoms with Crippen LogP contribution in [0.1, 0.15) is 69.7 Å². The van der Waals surface area contributed by atoms with E-state index in [4.69, 9.17) is 21.3 Å². The first kappa shape index (κ1) is 23.0. The van der Waals surface area contributed by atoms with E-state index in [0.29, 0.717) is 21.7 Å². The van der Waals surface area contributed by atoms with E-state index in [9.17, 15) is 4.79 Å². The summed E-state index contributed by atoms with van der Waals surface area (Å²) in [7, 11) is 0. The van der Waals surface area contributed by atoms with Crippen LogP contribution in [0.25, 0.3) is 10.9 Å². The fourth-order valence-electron chi connectivity index (χ4n) is 4.08. The maximum atomic E-state index is 13.4. The van der Waals surface area contributed by atoms with Crippen LogP contribution in [-0.4, -0.2) is 22.0 Å². The monoisotopic (exact) mass is 515 g/mol. The molecule has 0 spiro atoms. The van der Waals surface area contributed by atoms with Crippen molar-refractivity contribution >= 4 is 44.6 Å². The van der Waals surface area contributed by atoms with E-state index in [2.05, 4.69) is 28.0 Å². The minimum absolute atomic E-state index is 0.0301. The molecule has 0 bridgehead atoms. The van der Waals surface area contributed by atoms with Crippen LogP contribution in [0.3, 0.4) is 0 Å². The smallest absolute Gasteiger partial charge is 0.282 e. The molecule has 0 saturated heterocycles. The van der Waals surface area contributed by atoms with Gasteiger partial charge in [-0.25, -0.2) is 4.98 Å². The molecular weight excluding hydrogens is 490 g/mol. The molecule has 1 saturated carbocycles. The van der Waals surface area contributed by atoms with Crippen molar-refractivity contribution in [3.05, 3.63) is 67.6 Å². The fraction of sp³-hybridized carbons (Fsp3) is 0.400. The summed E-state index contributed by atoms with van der Waals surface area (Å²) in [5.74, 6) is 1.61. The van der Waals surface area contributed by atoms with Gasteiger partial charge in [0.1, 0.15) is 11.6 Å². The Kier molecular flexibility index (Phi) is 7.31. The summed E-state index contributed by atoms with van der Waals surface area (Å²) in [5, 5.41) is 5.76. The van der Waals surface area contributed by atoms with Crippen LogP contribution >= 0.6 is 27.5 Å². The molecule has 1 fully saturated rings. The van der Waals surface area contributed by atoms with Gasteiger partial charge in [-0.1, -0.05) is 49.9 Å². The van der Waals surface area contributed by atoms with Crippen molar-refractivity contribution in [2.24, 2.45) is 5.10 Å². The van der Waals surface area contributed by atoms with Crippen molar-refractivity contribution in [2.75, 3.05) is 0 Å². The Bertz CT molecular complexity index is 1200. The van der Waals surface area contributed by atoms with Gasteiger partial charge in [0.05, 0.1) is 27.7 Å². The van der Waals surface area contributed by atoms with Crippen molar-refractivity contribution in [3.8, 4) is 5.75 Å². The molecule has 0 radical (unpaired) electrons. The summed E-state index contributed by atoms with van der Waals surface area (Å²) >= 11 is 9.86. The predicted molar refractivity (Wildman–Crippen MR) is 134 cm³/mol. The summed E-state index contributed by atoms with van der Waals surface area (Å²) in [6.45, 7) is 4.08. The molecule has 4 rings (SSSR count). The Hall–Kier alpha value is -2.18. The van der Waals surface area contributed by atoms with E-state index < -0.39 is 0 Å². The topological polar surface area (TPSA) is 56.5 Å². The maximum Gasteiger partial charge on any atom is 0.282 e. The van der Waals surface area contributed by atoms with Crippen molar-refractivity contribution in [1.82, 2.24) is 9.66 Å². The Labute approximate surface area is 201 Å². The zero-order valence-electron chi connectivity index (χ0n) is 18.4. The van der Waals surface area contributed by atoms with Crippen LogP contribution in [0.4, 0.5) is 0 Å². The third-order valence-corrected chi connectivity index (χ3v) is 6.80. The van der Waals surface area contributed by atoms with Gasteiger partial charge >= 0.3 is 0 Å². The second-order valence-electron chi connectivity index (χ2n) is 8.33. The second-order valence-corrected chi connectivity index (χ2v) is 9.62. The Morgan fingerprint density at radius 1 is 1.28 bits per heavy atom. The van der Waals surface area contributed by atoms with Crippen LogP contribution in [0.2, 0.25) is 5.02 Å². The van der Waals surface area contributed by atoms with Crippen molar-refractivity contribution in [2.45, 2.75) is 64.4 Å². The van der Waals surface area contributed by atoms with Gasteiger partial charge in [0.15, 0.2) is 0 Å². The molecule has 7 heteroatoms. The molecule has 1 heterocycles. The van der Waals surface area contributed by atoms with Gasteiger partial charge in [-0.05, 0) is 66.4 Å². The molecule has 3 aromatic rings. The molecule has 1 aliphatic carbocycles. The van der Waals surface area contributed by atoms with Crippen LogP contribution < -0.4 is 10.3 Å². The number of rotatable bonds is 6. The van der Waals surface area contributed by atoms with Crippen LogP contribution in [0.5, 0.6) is 5.75 Å². The molecule has 32 heavy (non-hydrogen) atoms. The highest BCUT2D eigenvalue weighted by atomic mass is 79.9. The molecule has 168 valence electrons. The standard InChI is InChI=1S/C25H27BrClN3O2/c1-3-16(2)32-23-18(13-19(27)14-21(23)26)15-28-30-24(17-9-5-4-6-10-17)29-22-12-8-7-11-20(22)25(30)31/h7-8,11-17H,3-6,9-10H2,1-2H3/t16-/m1/s1. The second kappa shape index (κ2) is 10.2. The highest BCUT2D eigenvalue weighted by Gasteiger charge is 2.22. The maximum absolute atomic E-state index is 13.4. The first-order valence-electron chi connectivity index (χ1n) is 11.2. The number of ether oxygens (including phenoxy) is 1. The Morgan fingerprint density at radius 2 is 2.03 bits per heavy atom. The minimum Gasteiger partial charge on any atom is -0.489 e. The first-order valence-corrected chi connectivity index (χ1v) is 12.4. The van der Waals surface area contributed by atoms with Crippen LogP contribution in [-0.2, 0) is 0 Å². The molecule has 1 aromatic heterocycles. The number of halogens is 2. The van der Waals surface area contributed by atoms with Gasteiger partial charge in [0.2, 0.25) is 0 Å². The summed E-state index contributed by atoms with van der Waals surface area (Å²) in [6, 6.07) is 11.1. The normalized spacial score (nSPS) is 16.0. The molecule has 2 aromatic carbocycles. The molecular formula is C25H27BrClN3O2. The van der Waals surface area contributed by atoms with E-state index in [1.807, 2.05) is 25.1 Å². The van der Waals surface area contributed by atoms with E-state index in [1.165, 1.54) is 11.1 Å². The predicted octanol–water partition coefficient (Wildman–Crippen LogP) is 6.92. The van der Waals surface area contributed by atoms with E-state index in [0.717, 1.165) is 47.9 Å².